The normalized spacial score (nSPS) is 20.9. The van der Waals surface area contributed by atoms with E-state index >= 15 is 0 Å². The lowest BCUT2D eigenvalue weighted by Crippen LogP contribution is -2.45. The van der Waals surface area contributed by atoms with Gasteiger partial charge in [-0.25, -0.2) is 0 Å². The van der Waals surface area contributed by atoms with Crippen molar-refractivity contribution < 1.29 is 18.7 Å². The maximum atomic E-state index is 11.8. The molecule has 82 valence electrons. The van der Waals surface area contributed by atoms with Crippen LogP contribution in [0.2, 0.25) is 0 Å². The topological polar surface area (TPSA) is 49.3 Å². The van der Waals surface area contributed by atoms with Crippen LogP contribution in [0.25, 0.3) is 0 Å². The van der Waals surface area contributed by atoms with Crippen LogP contribution in [-0.2, 0) is 4.79 Å². The molecule has 0 spiro atoms. The van der Waals surface area contributed by atoms with Crippen molar-refractivity contribution in [1.29, 1.82) is 0 Å². The number of nitrogens with one attached hydrogen (secondary N) is 1. The summed E-state index contributed by atoms with van der Waals surface area (Å²) in [6.45, 7) is -0.0594. The molecular weight excluding hydrogens is 192 g/mol. The molecule has 0 atom stereocenters. The highest BCUT2D eigenvalue weighted by molar-refractivity contribution is 5.79. The molecule has 0 aromatic carbocycles. The first-order chi connectivity index (χ1) is 6.53. The van der Waals surface area contributed by atoms with Gasteiger partial charge in [0.05, 0.1) is 5.60 Å². The predicted octanol–water partition coefficient (Wildman–Crippen LogP) is 1.06. The number of alkyl halides is 2. The minimum absolute atomic E-state index is 0.0594. The van der Waals surface area contributed by atoms with Gasteiger partial charge in [-0.15, -0.1) is 0 Å². The van der Waals surface area contributed by atoms with Gasteiger partial charge in [-0.1, -0.05) is 19.3 Å². The molecule has 1 rings (SSSR count). The number of amides is 1. The quantitative estimate of drug-likeness (QED) is 0.727. The molecular formula is C9H15F2NO2. The number of aliphatic hydroxyl groups is 1. The average molecular weight is 207 g/mol. The van der Waals surface area contributed by atoms with Crippen molar-refractivity contribution in [1.82, 2.24) is 5.32 Å². The van der Waals surface area contributed by atoms with Gasteiger partial charge in [-0.05, 0) is 12.8 Å². The predicted molar refractivity (Wildman–Crippen MR) is 47.0 cm³/mol. The molecule has 0 aromatic rings. The lowest BCUT2D eigenvalue weighted by atomic mass is 9.85. The minimum atomic E-state index is -3.00. The fourth-order valence-electron chi connectivity index (χ4n) is 1.72. The highest BCUT2D eigenvalue weighted by atomic mass is 19.3. The second-order valence-electron chi connectivity index (χ2n) is 3.80. The standard InChI is InChI=1S/C9H15F2NO2/c10-7(11)8(13)12-6-9(14)4-2-1-3-5-9/h7,14H,1-6H2,(H,12,13). The second kappa shape index (κ2) is 4.68. The Kier molecular flexibility index (Phi) is 3.80. The maximum absolute atomic E-state index is 11.8. The molecule has 0 saturated heterocycles. The Morgan fingerprint density at radius 3 is 2.43 bits per heavy atom. The Bertz CT molecular complexity index is 203. The zero-order valence-electron chi connectivity index (χ0n) is 7.93. The van der Waals surface area contributed by atoms with E-state index in [0.29, 0.717) is 12.8 Å². The van der Waals surface area contributed by atoms with E-state index in [1.165, 1.54) is 0 Å². The molecule has 0 unspecified atom stereocenters. The van der Waals surface area contributed by atoms with Crippen LogP contribution in [0.4, 0.5) is 8.78 Å². The molecule has 2 N–H and O–H groups in total. The molecule has 0 radical (unpaired) electrons. The molecule has 0 aliphatic heterocycles. The van der Waals surface area contributed by atoms with Crippen molar-refractivity contribution in [3.63, 3.8) is 0 Å². The van der Waals surface area contributed by atoms with E-state index < -0.39 is 17.9 Å². The van der Waals surface area contributed by atoms with Crippen LogP contribution in [0.15, 0.2) is 0 Å². The number of rotatable bonds is 3. The van der Waals surface area contributed by atoms with Crippen LogP contribution < -0.4 is 5.32 Å². The monoisotopic (exact) mass is 207 g/mol. The molecule has 1 aliphatic rings. The number of hydrogen-bond acceptors (Lipinski definition) is 2. The first-order valence-corrected chi connectivity index (χ1v) is 4.82. The first kappa shape index (κ1) is 11.4. The zero-order valence-corrected chi connectivity index (χ0v) is 7.93. The smallest absolute Gasteiger partial charge is 0.315 e. The number of hydrogen-bond donors (Lipinski definition) is 2. The lowest BCUT2D eigenvalue weighted by Gasteiger charge is -2.31. The van der Waals surface area contributed by atoms with Crippen molar-refractivity contribution in [2.75, 3.05) is 6.54 Å². The molecule has 0 heterocycles. The Labute approximate surface area is 81.5 Å². The Morgan fingerprint density at radius 2 is 1.93 bits per heavy atom. The van der Waals surface area contributed by atoms with E-state index in [1.807, 2.05) is 0 Å². The van der Waals surface area contributed by atoms with Crippen molar-refractivity contribution in [2.45, 2.75) is 44.1 Å². The van der Waals surface area contributed by atoms with Gasteiger partial charge in [0.2, 0.25) is 0 Å². The molecule has 0 aromatic heterocycles. The number of carbonyl (C=O) groups excluding carboxylic acids is 1. The molecule has 1 amide bonds. The van der Waals surface area contributed by atoms with E-state index in [4.69, 9.17) is 0 Å². The van der Waals surface area contributed by atoms with Gasteiger partial charge in [0.15, 0.2) is 0 Å². The largest absolute Gasteiger partial charge is 0.388 e. The third-order valence-electron chi connectivity index (χ3n) is 2.57. The van der Waals surface area contributed by atoms with Gasteiger partial charge < -0.3 is 10.4 Å². The summed E-state index contributed by atoms with van der Waals surface area (Å²) in [5.41, 5.74) is -0.969. The van der Waals surface area contributed by atoms with Gasteiger partial charge in [-0.2, -0.15) is 8.78 Å². The van der Waals surface area contributed by atoms with Crippen molar-refractivity contribution >= 4 is 5.91 Å². The highest BCUT2D eigenvalue weighted by Crippen LogP contribution is 2.27. The Hall–Kier alpha value is -0.710. The van der Waals surface area contributed by atoms with Gasteiger partial charge >= 0.3 is 6.43 Å². The van der Waals surface area contributed by atoms with E-state index in [1.54, 1.807) is 0 Å². The van der Waals surface area contributed by atoms with E-state index in [2.05, 4.69) is 5.32 Å². The first-order valence-electron chi connectivity index (χ1n) is 4.82. The summed E-state index contributed by atoms with van der Waals surface area (Å²) < 4.78 is 23.6. The molecule has 1 fully saturated rings. The highest BCUT2D eigenvalue weighted by Gasteiger charge is 2.30. The second-order valence-corrected chi connectivity index (χ2v) is 3.80. The fourth-order valence-corrected chi connectivity index (χ4v) is 1.72. The van der Waals surface area contributed by atoms with E-state index in [0.717, 1.165) is 19.3 Å². The number of halogens is 2. The summed E-state index contributed by atoms with van der Waals surface area (Å²) in [6.07, 6.45) is 1.00. The van der Waals surface area contributed by atoms with Crippen LogP contribution in [0.3, 0.4) is 0 Å². The van der Waals surface area contributed by atoms with Gasteiger partial charge in [0, 0.05) is 6.54 Å². The lowest BCUT2D eigenvalue weighted by molar-refractivity contribution is -0.133. The van der Waals surface area contributed by atoms with E-state index in [9.17, 15) is 18.7 Å². The van der Waals surface area contributed by atoms with Crippen molar-refractivity contribution in [3.8, 4) is 0 Å². The maximum Gasteiger partial charge on any atom is 0.315 e. The molecule has 14 heavy (non-hydrogen) atoms. The Morgan fingerprint density at radius 1 is 1.36 bits per heavy atom. The van der Waals surface area contributed by atoms with Crippen LogP contribution in [0.1, 0.15) is 32.1 Å². The van der Waals surface area contributed by atoms with E-state index in [-0.39, 0.29) is 6.54 Å². The third-order valence-corrected chi connectivity index (χ3v) is 2.57. The molecule has 5 heteroatoms. The van der Waals surface area contributed by atoms with Crippen LogP contribution in [0, 0.1) is 0 Å². The van der Waals surface area contributed by atoms with Crippen LogP contribution in [-0.4, -0.2) is 29.6 Å². The third kappa shape index (κ3) is 3.21. The number of carbonyl (C=O) groups is 1. The van der Waals surface area contributed by atoms with Gasteiger partial charge in [-0.3, -0.25) is 4.79 Å². The molecule has 1 saturated carbocycles. The molecule has 3 nitrogen and oxygen atoms in total. The van der Waals surface area contributed by atoms with Gasteiger partial charge in [0.1, 0.15) is 0 Å². The average Bonchev–Trinajstić information content (AvgIpc) is 2.15. The van der Waals surface area contributed by atoms with Crippen molar-refractivity contribution in [2.24, 2.45) is 0 Å². The Balaban J connectivity index is 2.32. The summed E-state index contributed by atoms with van der Waals surface area (Å²) >= 11 is 0. The van der Waals surface area contributed by atoms with Crippen LogP contribution >= 0.6 is 0 Å². The summed E-state index contributed by atoms with van der Waals surface area (Å²) in [6, 6.07) is 0. The summed E-state index contributed by atoms with van der Waals surface area (Å²) in [4.78, 5) is 10.6. The van der Waals surface area contributed by atoms with Crippen molar-refractivity contribution in [3.05, 3.63) is 0 Å². The summed E-state index contributed by atoms with van der Waals surface area (Å²) in [5.74, 6) is -1.30. The summed E-state index contributed by atoms with van der Waals surface area (Å²) in [7, 11) is 0. The molecule has 1 aliphatic carbocycles. The SMILES string of the molecule is O=C(NCC1(O)CCCCC1)C(F)F. The minimum Gasteiger partial charge on any atom is -0.388 e. The zero-order chi connectivity index (χ0) is 10.6. The fraction of sp³-hybridized carbons (Fsp3) is 0.889. The molecule has 0 bridgehead atoms. The summed E-state index contributed by atoms with van der Waals surface area (Å²) in [5, 5.41) is 11.9. The van der Waals surface area contributed by atoms with Gasteiger partial charge in [0.25, 0.3) is 5.91 Å². The van der Waals surface area contributed by atoms with Crippen LogP contribution in [0.5, 0.6) is 0 Å².